The Bertz CT molecular complexity index is 589. The molecule has 2 nitrogen and oxygen atoms in total. The lowest BCUT2D eigenvalue weighted by atomic mass is 9.45. The molecule has 0 radical (unpaired) electrons. The number of carbonyl (C=O) groups is 2. The first-order valence-corrected chi connectivity index (χ1v) is 9.59. The highest BCUT2D eigenvalue weighted by Gasteiger charge is 2.59. The third-order valence-corrected chi connectivity index (χ3v) is 8.48. The maximum atomic E-state index is 12.4. The zero-order valence-corrected chi connectivity index (χ0v) is 14.9. The van der Waals surface area contributed by atoms with Crippen molar-refractivity contribution in [3.8, 4) is 0 Å². The van der Waals surface area contributed by atoms with Gasteiger partial charge in [0.1, 0.15) is 5.78 Å². The predicted molar refractivity (Wildman–Crippen MR) is 90.9 cm³/mol. The standard InChI is InChI=1S/C21H30O2/c1-13(22)14-8-10-20(2)15(12-14)4-5-16-17-6-7-19(23)21(17,3)11-9-18(16)20/h8,15-18H,4-7,9-12H2,1-3H3. The summed E-state index contributed by atoms with van der Waals surface area (Å²) in [5.41, 5.74) is 1.41. The summed E-state index contributed by atoms with van der Waals surface area (Å²) in [6.45, 7) is 6.46. The molecule has 0 aromatic carbocycles. The van der Waals surface area contributed by atoms with Crippen LogP contribution in [0.2, 0.25) is 0 Å². The molecule has 0 aliphatic heterocycles. The minimum absolute atomic E-state index is 0.0145. The Balaban J connectivity index is 1.64. The number of ketones is 2. The van der Waals surface area contributed by atoms with Crippen molar-refractivity contribution in [1.29, 1.82) is 0 Å². The molecule has 23 heavy (non-hydrogen) atoms. The second kappa shape index (κ2) is 5.04. The van der Waals surface area contributed by atoms with Crippen LogP contribution in [0.4, 0.5) is 0 Å². The number of carbonyl (C=O) groups excluding carboxylic acids is 2. The van der Waals surface area contributed by atoms with Crippen molar-refractivity contribution in [2.24, 2.45) is 34.5 Å². The van der Waals surface area contributed by atoms with Gasteiger partial charge in [-0.05, 0) is 86.5 Å². The number of fused-ring (bicyclic) bond motifs is 5. The van der Waals surface area contributed by atoms with Crippen LogP contribution in [0.15, 0.2) is 11.6 Å². The highest BCUT2D eigenvalue weighted by Crippen LogP contribution is 2.65. The Labute approximate surface area is 140 Å². The summed E-state index contributed by atoms with van der Waals surface area (Å²) >= 11 is 0. The Morgan fingerprint density at radius 3 is 2.65 bits per heavy atom. The van der Waals surface area contributed by atoms with Crippen LogP contribution in [0.1, 0.15) is 72.1 Å². The van der Waals surface area contributed by atoms with Gasteiger partial charge in [0.25, 0.3) is 0 Å². The molecule has 0 aromatic heterocycles. The summed E-state index contributed by atoms with van der Waals surface area (Å²) < 4.78 is 0. The molecular formula is C21H30O2. The molecule has 6 unspecified atom stereocenters. The lowest BCUT2D eigenvalue weighted by molar-refractivity contribution is -0.136. The first-order valence-electron chi connectivity index (χ1n) is 9.59. The highest BCUT2D eigenvalue weighted by molar-refractivity contribution is 5.93. The van der Waals surface area contributed by atoms with E-state index in [-0.39, 0.29) is 11.2 Å². The molecule has 6 atom stereocenters. The van der Waals surface area contributed by atoms with Crippen molar-refractivity contribution in [3.63, 3.8) is 0 Å². The molecule has 4 aliphatic rings. The quantitative estimate of drug-likeness (QED) is 0.701. The van der Waals surface area contributed by atoms with Gasteiger partial charge in [0, 0.05) is 11.8 Å². The summed E-state index contributed by atoms with van der Waals surface area (Å²) in [6.07, 6.45) is 11.1. The van der Waals surface area contributed by atoms with Crippen molar-refractivity contribution in [1.82, 2.24) is 0 Å². The Morgan fingerprint density at radius 1 is 1.13 bits per heavy atom. The second-order valence-electron chi connectivity index (χ2n) is 9.27. The first-order chi connectivity index (χ1) is 10.9. The molecule has 0 bridgehead atoms. The number of Topliss-reactive ketones (excluding diaryl/α,β-unsaturated/α-hetero) is 2. The van der Waals surface area contributed by atoms with E-state index in [0.29, 0.717) is 23.0 Å². The molecule has 0 saturated heterocycles. The van der Waals surface area contributed by atoms with Crippen molar-refractivity contribution in [2.45, 2.75) is 72.1 Å². The van der Waals surface area contributed by atoms with Gasteiger partial charge in [-0.25, -0.2) is 0 Å². The largest absolute Gasteiger partial charge is 0.299 e. The molecule has 3 saturated carbocycles. The number of hydrogen-bond acceptors (Lipinski definition) is 2. The van der Waals surface area contributed by atoms with E-state index >= 15 is 0 Å². The summed E-state index contributed by atoms with van der Waals surface area (Å²) in [5, 5.41) is 0. The third-order valence-electron chi connectivity index (χ3n) is 8.48. The lowest BCUT2D eigenvalue weighted by Gasteiger charge is -2.59. The first kappa shape index (κ1) is 15.6. The molecule has 0 amide bonds. The third kappa shape index (κ3) is 2.06. The summed E-state index contributed by atoms with van der Waals surface area (Å²) in [4.78, 5) is 24.2. The van der Waals surface area contributed by atoms with Crippen LogP contribution >= 0.6 is 0 Å². The second-order valence-corrected chi connectivity index (χ2v) is 9.27. The van der Waals surface area contributed by atoms with E-state index in [1.165, 1.54) is 19.3 Å². The molecule has 0 heterocycles. The summed E-state index contributed by atoms with van der Waals surface area (Å²) in [7, 11) is 0. The number of hydrogen-bond donors (Lipinski definition) is 0. The van der Waals surface area contributed by atoms with E-state index in [2.05, 4.69) is 19.9 Å². The van der Waals surface area contributed by atoms with Gasteiger partial charge in [-0.15, -0.1) is 0 Å². The van der Waals surface area contributed by atoms with Crippen LogP contribution in [0, 0.1) is 34.5 Å². The van der Waals surface area contributed by atoms with Gasteiger partial charge < -0.3 is 0 Å². The molecular weight excluding hydrogens is 284 g/mol. The predicted octanol–water partition coefficient (Wildman–Crippen LogP) is 4.72. The SMILES string of the molecule is CC(=O)C1=CCC2(C)C(CCC3C4CCC(=O)C4(C)CCC32)C1. The van der Waals surface area contributed by atoms with Crippen LogP contribution in [0.3, 0.4) is 0 Å². The van der Waals surface area contributed by atoms with Crippen LogP contribution in [-0.4, -0.2) is 11.6 Å². The van der Waals surface area contributed by atoms with Gasteiger partial charge in [0.2, 0.25) is 0 Å². The Kier molecular flexibility index (Phi) is 3.42. The van der Waals surface area contributed by atoms with E-state index in [1.807, 2.05) is 0 Å². The lowest BCUT2D eigenvalue weighted by Crippen LogP contribution is -2.52. The van der Waals surface area contributed by atoms with Crippen LogP contribution < -0.4 is 0 Å². The maximum Gasteiger partial charge on any atom is 0.155 e. The Hall–Kier alpha value is -0.920. The van der Waals surface area contributed by atoms with Crippen LogP contribution in [-0.2, 0) is 9.59 Å². The summed E-state index contributed by atoms with van der Waals surface area (Å²) in [6, 6.07) is 0. The van der Waals surface area contributed by atoms with E-state index in [0.717, 1.165) is 49.5 Å². The van der Waals surface area contributed by atoms with Gasteiger partial charge in [-0.2, -0.15) is 0 Å². The Morgan fingerprint density at radius 2 is 1.91 bits per heavy atom. The van der Waals surface area contributed by atoms with E-state index in [9.17, 15) is 9.59 Å². The minimum atomic E-state index is -0.0145. The molecule has 2 heteroatoms. The smallest absolute Gasteiger partial charge is 0.155 e. The molecule has 0 spiro atoms. The molecule has 126 valence electrons. The van der Waals surface area contributed by atoms with Gasteiger partial charge in [0.05, 0.1) is 0 Å². The van der Waals surface area contributed by atoms with Crippen molar-refractivity contribution in [3.05, 3.63) is 11.6 Å². The normalized spacial score (nSPS) is 49.0. The maximum absolute atomic E-state index is 12.4. The fourth-order valence-electron chi connectivity index (χ4n) is 6.94. The van der Waals surface area contributed by atoms with Crippen LogP contribution in [0.25, 0.3) is 0 Å². The molecule has 3 fully saturated rings. The van der Waals surface area contributed by atoms with E-state index in [1.54, 1.807) is 6.92 Å². The van der Waals surface area contributed by atoms with Crippen molar-refractivity contribution >= 4 is 11.6 Å². The zero-order chi connectivity index (χ0) is 16.4. The molecule has 4 aliphatic carbocycles. The minimum Gasteiger partial charge on any atom is -0.299 e. The van der Waals surface area contributed by atoms with Gasteiger partial charge >= 0.3 is 0 Å². The number of rotatable bonds is 1. The average molecular weight is 314 g/mol. The monoisotopic (exact) mass is 314 g/mol. The van der Waals surface area contributed by atoms with Gasteiger partial charge in [-0.1, -0.05) is 19.9 Å². The molecule has 0 aromatic rings. The van der Waals surface area contributed by atoms with Crippen LogP contribution in [0.5, 0.6) is 0 Å². The van der Waals surface area contributed by atoms with Crippen molar-refractivity contribution < 1.29 is 9.59 Å². The van der Waals surface area contributed by atoms with E-state index < -0.39 is 0 Å². The molecule has 0 N–H and O–H groups in total. The topological polar surface area (TPSA) is 34.1 Å². The van der Waals surface area contributed by atoms with Gasteiger partial charge in [0.15, 0.2) is 5.78 Å². The fraction of sp³-hybridized carbons (Fsp3) is 0.810. The van der Waals surface area contributed by atoms with Crippen molar-refractivity contribution in [2.75, 3.05) is 0 Å². The van der Waals surface area contributed by atoms with E-state index in [4.69, 9.17) is 0 Å². The highest BCUT2D eigenvalue weighted by atomic mass is 16.1. The molecule has 4 rings (SSSR count). The van der Waals surface area contributed by atoms with Gasteiger partial charge in [-0.3, -0.25) is 9.59 Å². The zero-order valence-electron chi connectivity index (χ0n) is 14.9. The summed E-state index contributed by atoms with van der Waals surface area (Å²) in [5.74, 6) is 3.62. The average Bonchev–Trinajstić information content (AvgIpc) is 2.82. The fourth-order valence-corrected chi connectivity index (χ4v) is 6.94. The number of allylic oxidation sites excluding steroid dienone is 2.